The van der Waals surface area contributed by atoms with Gasteiger partial charge in [0.05, 0.1) is 12.2 Å². The summed E-state index contributed by atoms with van der Waals surface area (Å²) in [6.07, 6.45) is 4.46. The molecule has 0 saturated carbocycles. The van der Waals surface area contributed by atoms with E-state index in [0.29, 0.717) is 0 Å². The van der Waals surface area contributed by atoms with E-state index >= 15 is 0 Å². The fourth-order valence-electron chi connectivity index (χ4n) is 2.77. The first-order chi connectivity index (χ1) is 9.42. The van der Waals surface area contributed by atoms with Crippen molar-refractivity contribution in [2.24, 2.45) is 0 Å². The lowest BCUT2D eigenvalue weighted by molar-refractivity contribution is 0.547. The van der Waals surface area contributed by atoms with E-state index in [1.54, 1.807) is 12.7 Å². The minimum Gasteiger partial charge on any atom is -0.347 e. The van der Waals surface area contributed by atoms with Crippen LogP contribution < -0.4 is 10.2 Å². The smallest absolute Gasteiger partial charge is 0.152 e. The highest BCUT2D eigenvalue weighted by Gasteiger charge is 2.23. The first kappa shape index (κ1) is 10.9. The van der Waals surface area contributed by atoms with Crippen LogP contribution in [0, 0.1) is 0 Å². The molecule has 0 amide bonds. The van der Waals surface area contributed by atoms with Gasteiger partial charge in [-0.25, -0.2) is 9.97 Å². The van der Waals surface area contributed by atoms with Crippen molar-refractivity contribution in [1.29, 1.82) is 0 Å². The third kappa shape index (κ3) is 1.77. The first-order valence-corrected chi connectivity index (χ1v) is 6.57. The molecule has 0 fully saturated rings. The zero-order valence-electron chi connectivity index (χ0n) is 10.6. The molecule has 0 aliphatic carbocycles. The number of anilines is 1. The third-order valence-electron chi connectivity index (χ3n) is 3.79. The summed E-state index contributed by atoms with van der Waals surface area (Å²) in [7, 11) is 0. The highest BCUT2D eigenvalue weighted by Crippen LogP contribution is 2.25. The number of nitrogens with zero attached hydrogens (tertiary/aromatic N) is 6. The third-order valence-corrected chi connectivity index (χ3v) is 3.79. The van der Waals surface area contributed by atoms with E-state index in [9.17, 15) is 0 Å². The Balaban J connectivity index is 1.70. The number of hydrogen-bond acceptors (Lipinski definition) is 6. The van der Waals surface area contributed by atoms with Gasteiger partial charge in [0, 0.05) is 38.2 Å². The minimum absolute atomic E-state index is 0.767. The second kappa shape index (κ2) is 4.27. The minimum atomic E-state index is 0.767. The summed E-state index contributed by atoms with van der Waals surface area (Å²) < 4.78 is 2.10. The molecule has 7 heteroatoms. The molecule has 0 radical (unpaired) electrons. The normalized spacial score (nSPS) is 18.0. The number of hydrogen-bond donors (Lipinski definition) is 1. The van der Waals surface area contributed by atoms with Gasteiger partial charge in [0.25, 0.3) is 0 Å². The Morgan fingerprint density at radius 3 is 3.21 bits per heavy atom. The Morgan fingerprint density at radius 1 is 1.21 bits per heavy atom. The summed E-state index contributed by atoms with van der Waals surface area (Å²) in [6, 6.07) is 0. The van der Waals surface area contributed by atoms with Gasteiger partial charge in [-0.15, -0.1) is 10.2 Å². The van der Waals surface area contributed by atoms with E-state index in [1.165, 1.54) is 11.3 Å². The predicted molar refractivity (Wildman–Crippen MR) is 68.5 cm³/mol. The quantitative estimate of drug-likeness (QED) is 0.758. The van der Waals surface area contributed by atoms with E-state index in [4.69, 9.17) is 0 Å². The molecular weight excluding hydrogens is 242 g/mol. The number of fused-ring (bicyclic) bond motifs is 2. The Hall–Kier alpha value is -2.02. The Labute approximate surface area is 110 Å². The summed E-state index contributed by atoms with van der Waals surface area (Å²) >= 11 is 0. The summed E-state index contributed by atoms with van der Waals surface area (Å²) in [4.78, 5) is 11.2. The van der Waals surface area contributed by atoms with Crippen molar-refractivity contribution in [3.8, 4) is 0 Å². The zero-order valence-corrected chi connectivity index (χ0v) is 10.6. The molecule has 19 heavy (non-hydrogen) atoms. The molecule has 2 aliphatic heterocycles. The second-order valence-corrected chi connectivity index (χ2v) is 4.91. The topological polar surface area (TPSA) is 71.8 Å². The molecule has 4 rings (SSSR count). The van der Waals surface area contributed by atoms with Crippen LogP contribution in [0.2, 0.25) is 0 Å². The standard InChI is InChI=1S/C12H15N7/c1-2-13-5-9-10(1)14-7-15-12(9)18-3-4-19-8-16-17-11(19)6-18/h7-8,13H,1-6H2. The van der Waals surface area contributed by atoms with Crippen molar-refractivity contribution in [3.63, 3.8) is 0 Å². The average molecular weight is 257 g/mol. The van der Waals surface area contributed by atoms with Crippen LogP contribution in [0.3, 0.4) is 0 Å². The summed E-state index contributed by atoms with van der Waals surface area (Å²) in [5.74, 6) is 2.05. The molecule has 0 saturated heterocycles. The maximum atomic E-state index is 4.49. The van der Waals surface area contributed by atoms with E-state index in [-0.39, 0.29) is 0 Å². The molecule has 0 bridgehead atoms. The van der Waals surface area contributed by atoms with Crippen LogP contribution in [0.25, 0.3) is 0 Å². The van der Waals surface area contributed by atoms with Gasteiger partial charge in [-0.05, 0) is 0 Å². The van der Waals surface area contributed by atoms with Gasteiger partial charge in [-0.1, -0.05) is 0 Å². The van der Waals surface area contributed by atoms with Crippen LogP contribution in [0.5, 0.6) is 0 Å². The van der Waals surface area contributed by atoms with E-state index in [2.05, 4.69) is 34.9 Å². The molecule has 0 atom stereocenters. The lowest BCUT2D eigenvalue weighted by Gasteiger charge is -2.31. The van der Waals surface area contributed by atoms with Gasteiger partial charge < -0.3 is 14.8 Å². The molecule has 7 nitrogen and oxygen atoms in total. The van der Waals surface area contributed by atoms with Gasteiger partial charge >= 0.3 is 0 Å². The van der Waals surface area contributed by atoms with Crippen molar-refractivity contribution < 1.29 is 0 Å². The highest BCUT2D eigenvalue weighted by atomic mass is 15.3. The largest absolute Gasteiger partial charge is 0.347 e. The van der Waals surface area contributed by atoms with Gasteiger partial charge in [0.15, 0.2) is 5.82 Å². The highest BCUT2D eigenvalue weighted by molar-refractivity contribution is 5.49. The van der Waals surface area contributed by atoms with Gasteiger partial charge in [0.1, 0.15) is 18.5 Å². The van der Waals surface area contributed by atoms with Crippen LogP contribution in [0.15, 0.2) is 12.7 Å². The van der Waals surface area contributed by atoms with E-state index < -0.39 is 0 Å². The zero-order chi connectivity index (χ0) is 12.7. The second-order valence-electron chi connectivity index (χ2n) is 4.91. The summed E-state index contributed by atoms with van der Waals surface area (Å²) in [6.45, 7) is 4.47. The van der Waals surface area contributed by atoms with Crippen LogP contribution in [0.1, 0.15) is 17.1 Å². The van der Waals surface area contributed by atoms with Crippen molar-refractivity contribution in [2.75, 3.05) is 18.0 Å². The molecule has 2 aromatic heterocycles. The monoisotopic (exact) mass is 257 g/mol. The molecule has 4 heterocycles. The van der Waals surface area contributed by atoms with Crippen molar-refractivity contribution in [3.05, 3.63) is 29.7 Å². The van der Waals surface area contributed by atoms with Crippen LogP contribution in [-0.2, 0) is 26.1 Å². The lowest BCUT2D eigenvalue weighted by atomic mass is 10.1. The summed E-state index contributed by atoms with van der Waals surface area (Å²) in [5, 5.41) is 11.5. The fourth-order valence-corrected chi connectivity index (χ4v) is 2.77. The maximum absolute atomic E-state index is 4.49. The first-order valence-electron chi connectivity index (χ1n) is 6.57. The number of aromatic nitrogens is 5. The predicted octanol–water partition coefficient (Wildman–Crippen LogP) is -0.266. The van der Waals surface area contributed by atoms with Gasteiger partial charge in [-0.2, -0.15) is 0 Å². The van der Waals surface area contributed by atoms with Gasteiger partial charge in [-0.3, -0.25) is 0 Å². The van der Waals surface area contributed by atoms with Crippen LogP contribution >= 0.6 is 0 Å². The molecular formula is C12H15N7. The van der Waals surface area contributed by atoms with Crippen LogP contribution in [0.4, 0.5) is 5.82 Å². The molecule has 98 valence electrons. The van der Waals surface area contributed by atoms with Crippen molar-refractivity contribution >= 4 is 5.82 Å². The molecule has 1 N–H and O–H groups in total. The molecule has 2 aliphatic rings. The Morgan fingerprint density at radius 2 is 2.21 bits per heavy atom. The van der Waals surface area contributed by atoms with Crippen molar-refractivity contribution in [2.45, 2.75) is 26.1 Å². The number of rotatable bonds is 1. The maximum Gasteiger partial charge on any atom is 0.152 e. The van der Waals surface area contributed by atoms with Crippen LogP contribution in [-0.4, -0.2) is 37.8 Å². The molecule has 2 aromatic rings. The van der Waals surface area contributed by atoms with Crippen molar-refractivity contribution in [1.82, 2.24) is 30.0 Å². The van der Waals surface area contributed by atoms with Gasteiger partial charge in [0.2, 0.25) is 0 Å². The Kier molecular flexibility index (Phi) is 2.44. The summed E-state index contributed by atoms with van der Waals surface area (Å²) in [5.41, 5.74) is 2.41. The average Bonchev–Trinajstić information content (AvgIpc) is 2.94. The Bertz CT molecular complexity index is 606. The molecule has 0 aromatic carbocycles. The fraction of sp³-hybridized carbons (Fsp3) is 0.500. The SMILES string of the molecule is c1nc2c(c(N3CCn4cnnc4C3)n1)CNCC2. The lowest BCUT2D eigenvalue weighted by Crippen LogP contribution is -2.36. The molecule has 0 unspecified atom stereocenters. The van der Waals surface area contributed by atoms with E-state index in [1.807, 2.05) is 0 Å². The number of nitrogens with one attached hydrogen (secondary N) is 1. The van der Waals surface area contributed by atoms with E-state index in [0.717, 1.165) is 50.8 Å². The molecule has 0 spiro atoms.